The van der Waals surface area contributed by atoms with Crippen LogP contribution in [0.25, 0.3) is 0 Å². The molecular weight excluding hydrogens is 332 g/mol. The average Bonchev–Trinajstić information content (AvgIpc) is 2.44. The summed E-state index contributed by atoms with van der Waals surface area (Å²) in [6, 6.07) is 4.51. The number of halogens is 3. The fraction of sp³-hybridized carbons (Fsp3) is 0.500. The number of nitrogens with zero attached hydrogens (tertiary/aromatic N) is 2. The molecule has 0 atom stereocenters. The van der Waals surface area contributed by atoms with Gasteiger partial charge in [-0.2, -0.15) is 0 Å². The van der Waals surface area contributed by atoms with Gasteiger partial charge in [0.15, 0.2) is 0 Å². The lowest BCUT2D eigenvalue weighted by atomic mass is 10.1. The number of nitrogens with one attached hydrogen (secondary N) is 1. The molecule has 0 spiro atoms. The molecule has 1 N–H and O–H groups in total. The predicted octanol–water partition coefficient (Wildman–Crippen LogP) is 1.69. The molecule has 1 heterocycles. The van der Waals surface area contributed by atoms with E-state index in [0.29, 0.717) is 26.2 Å². The van der Waals surface area contributed by atoms with Gasteiger partial charge in [-0.3, -0.25) is 4.79 Å². The summed E-state index contributed by atoms with van der Waals surface area (Å²) in [7, 11) is 3.52. The van der Waals surface area contributed by atoms with Crippen molar-refractivity contribution in [1.29, 1.82) is 0 Å². The number of anilines is 2. The second kappa shape index (κ2) is 9.84. The van der Waals surface area contributed by atoms with Gasteiger partial charge in [0.25, 0.3) is 0 Å². The lowest BCUT2D eigenvalue weighted by Gasteiger charge is -2.35. The van der Waals surface area contributed by atoms with Crippen LogP contribution < -0.4 is 15.1 Å². The Morgan fingerprint density at radius 3 is 2.73 bits per heavy atom. The third-order valence-corrected chi connectivity index (χ3v) is 3.36. The number of ether oxygens (including phenoxy) is 1. The molecule has 1 aliphatic heterocycles. The van der Waals surface area contributed by atoms with Crippen LogP contribution in [0.15, 0.2) is 18.2 Å². The number of likely N-dealkylation sites (N-methyl/N-ethyl adjacent to an activating group) is 1. The zero-order chi connectivity index (χ0) is 14.5. The molecule has 0 radical (unpaired) electrons. The lowest BCUT2D eigenvalue weighted by Crippen LogP contribution is -2.46. The highest BCUT2D eigenvalue weighted by Gasteiger charge is 2.25. The number of methoxy groups -OCH3 is 1. The van der Waals surface area contributed by atoms with E-state index in [2.05, 4.69) is 5.32 Å². The third kappa shape index (κ3) is 4.98. The van der Waals surface area contributed by atoms with Gasteiger partial charge in [-0.05, 0) is 18.2 Å². The number of fused-ring (bicyclic) bond motifs is 1. The number of carbonyl (C=O) groups is 1. The number of hydrogen-bond donors (Lipinski definition) is 1. The highest BCUT2D eigenvalue weighted by Crippen LogP contribution is 2.32. The van der Waals surface area contributed by atoms with Crippen LogP contribution in [0.3, 0.4) is 0 Å². The predicted molar refractivity (Wildman–Crippen MR) is 91.3 cm³/mol. The van der Waals surface area contributed by atoms with Crippen molar-refractivity contribution >= 4 is 42.1 Å². The molecule has 1 aromatic carbocycles. The Bertz CT molecular complexity index is 491. The van der Waals surface area contributed by atoms with Gasteiger partial charge in [-0.15, -0.1) is 24.8 Å². The summed E-state index contributed by atoms with van der Waals surface area (Å²) >= 11 is 0. The van der Waals surface area contributed by atoms with Crippen molar-refractivity contribution in [2.24, 2.45) is 0 Å². The van der Waals surface area contributed by atoms with Gasteiger partial charge in [0, 0.05) is 33.8 Å². The van der Waals surface area contributed by atoms with E-state index in [4.69, 9.17) is 4.74 Å². The number of carbonyl (C=O) groups excluding carboxylic acids is 1. The SMILES string of the molecule is COCCNCC(=O)N1CCN(C)c2cc(F)ccc21.Cl.Cl. The number of benzene rings is 1. The highest BCUT2D eigenvalue weighted by molar-refractivity contribution is 5.99. The molecule has 0 saturated carbocycles. The van der Waals surface area contributed by atoms with E-state index in [0.717, 1.165) is 11.4 Å². The summed E-state index contributed by atoms with van der Waals surface area (Å²) in [6.07, 6.45) is 0. The van der Waals surface area contributed by atoms with Crippen LogP contribution in [0.2, 0.25) is 0 Å². The van der Waals surface area contributed by atoms with Crippen molar-refractivity contribution in [2.45, 2.75) is 0 Å². The van der Waals surface area contributed by atoms with Crippen molar-refractivity contribution in [3.63, 3.8) is 0 Å². The Morgan fingerprint density at radius 2 is 2.05 bits per heavy atom. The zero-order valence-electron chi connectivity index (χ0n) is 12.7. The van der Waals surface area contributed by atoms with E-state index in [-0.39, 0.29) is 43.1 Å². The van der Waals surface area contributed by atoms with E-state index >= 15 is 0 Å². The summed E-state index contributed by atoms with van der Waals surface area (Å²) in [5, 5.41) is 3.03. The number of hydrogen-bond acceptors (Lipinski definition) is 4. The summed E-state index contributed by atoms with van der Waals surface area (Å²) in [4.78, 5) is 15.9. The van der Waals surface area contributed by atoms with Gasteiger partial charge in [-0.25, -0.2) is 4.39 Å². The molecule has 0 unspecified atom stereocenters. The van der Waals surface area contributed by atoms with Gasteiger partial charge < -0.3 is 19.9 Å². The molecule has 8 heteroatoms. The standard InChI is InChI=1S/C14H20FN3O2.2ClH/c1-17-6-7-18(14(19)10-16-5-8-20-2)12-4-3-11(15)9-13(12)17;;/h3-4,9,16H,5-8,10H2,1-2H3;2*1H. The molecule has 126 valence electrons. The van der Waals surface area contributed by atoms with Crippen LogP contribution in [0, 0.1) is 5.82 Å². The minimum Gasteiger partial charge on any atom is -0.383 e. The van der Waals surface area contributed by atoms with Crippen LogP contribution in [0.5, 0.6) is 0 Å². The molecule has 5 nitrogen and oxygen atoms in total. The van der Waals surface area contributed by atoms with E-state index in [1.54, 1.807) is 18.1 Å². The normalized spacial score (nSPS) is 13.0. The van der Waals surface area contributed by atoms with Crippen molar-refractivity contribution in [2.75, 3.05) is 56.7 Å². The fourth-order valence-electron chi connectivity index (χ4n) is 2.25. The topological polar surface area (TPSA) is 44.8 Å². The quantitative estimate of drug-likeness (QED) is 0.818. The minimum atomic E-state index is -0.289. The maximum Gasteiger partial charge on any atom is 0.241 e. The molecule has 1 aliphatic rings. The first-order valence-electron chi connectivity index (χ1n) is 6.64. The van der Waals surface area contributed by atoms with Gasteiger partial charge in [0.1, 0.15) is 5.82 Å². The van der Waals surface area contributed by atoms with Gasteiger partial charge >= 0.3 is 0 Å². The Balaban J connectivity index is 0.00000220. The van der Waals surface area contributed by atoms with Crippen molar-refractivity contribution in [3.8, 4) is 0 Å². The Hall–Kier alpha value is -1.08. The monoisotopic (exact) mass is 353 g/mol. The summed E-state index contributed by atoms with van der Waals surface area (Å²) in [5.41, 5.74) is 1.51. The van der Waals surface area contributed by atoms with Crippen LogP contribution in [-0.4, -0.2) is 52.9 Å². The second-order valence-electron chi connectivity index (χ2n) is 4.77. The molecule has 0 fully saturated rings. The molecule has 0 aliphatic carbocycles. The van der Waals surface area contributed by atoms with Gasteiger partial charge in [0.2, 0.25) is 5.91 Å². The largest absolute Gasteiger partial charge is 0.383 e. The minimum absolute atomic E-state index is 0. The third-order valence-electron chi connectivity index (χ3n) is 3.36. The molecule has 2 rings (SSSR count). The van der Waals surface area contributed by atoms with Gasteiger partial charge in [0.05, 0.1) is 24.5 Å². The van der Waals surface area contributed by atoms with Crippen molar-refractivity contribution < 1.29 is 13.9 Å². The Labute approximate surface area is 142 Å². The Morgan fingerprint density at radius 1 is 1.32 bits per heavy atom. The molecule has 1 amide bonds. The van der Waals surface area contributed by atoms with E-state index < -0.39 is 0 Å². The summed E-state index contributed by atoms with van der Waals surface area (Å²) in [5.74, 6) is -0.301. The van der Waals surface area contributed by atoms with Crippen molar-refractivity contribution in [1.82, 2.24) is 5.32 Å². The molecule has 22 heavy (non-hydrogen) atoms. The maximum absolute atomic E-state index is 13.3. The number of amides is 1. The van der Waals surface area contributed by atoms with Crippen LogP contribution in [-0.2, 0) is 9.53 Å². The molecule has 0 saturated heterocycles. The molecule has 1 aromatic rings. The zero-order valence-corrected chi connectivity index (χ0v) is 14.3. The average molecular weight is 354 g/mol. The van der Waals surface area contributed by atoms with E-state index in [9.17, 15) is 9.18 Å². The maximum atomic E-state index is 13.3. The molecule has 0 bridgehead atoms. The first-order chi connectivity index (χ1) is 9.63. The van der Waals surface area contributed by atoms with Crippen molar-refractivity contribution in [3.05, 3.63) is 24.0 Å². The first-order valence-corrected chi connectivity index (χ1v) is 6.64. The molecular formula is C14H22Cl2FN3O2. The van der Waals surface area contributed by atoms with Crippen LogP contribution in [0.4, 0.5) is 15.8 Å². The fourth-order valence-corrected chi connectivity index (χ4v) is 2.25. The van der Waals surface area contributed by atoms with E-state index in [1.807, 2.05) is 11.9 Å². The van der Waals surface area contributed by atoms with Crippen LogP contribution >= 0.6 is 24.8 Å². The summed E-state index contributed by atoms with van der Waals surface area (Å²) in [6.45, 7) is 2.76. The lowest BCUT2D eigenvalue weighted by molar-refractivity contribution is -0.117. The smallest absolute Gasteiger partial charge is 0.241 e. The second-order valence-corrected chi connectivity index (χ2v) is 4.77. The van der Waals surface area contributed by atoms with Crippen LogP contribution in [0.1, 0.15) is 0 Å². The highest BCUT2D eigenvalue weighted by atomic mass is 35.5. The number of rotatable bonds is 5. The van der Waals surface area contributed by atoms with Gasteiger partial charge in [-0.1, -0.05) is 0 Å². The van der Waals surface area contributed by atoms with E-state index in [1.165, 1.54) is 12.1 Å². The molecule has 0 aromatic heterocycles. The summed E-state index contributed by atoms with van der Waals surface area (Å²) < 4.78 is 18.2. The Kier molecular flexibility index (Phi) is 9.36. The first kappa shape index (κ1) is 20.9.